The summed E-state index contributed by atoms with van der Waals surface area (Å²) >= 11 is 5.10. The normalized spacial score (nSPS) is 10.8. The predicted molar refractivity (Wildman–Crippen MR) is 40.1 cm³/mol. The zero-order valence-corrected chi connectivity index (χ0v) is 10.6. The average Bonchev–Trinajstić information content (AvgIpc) is 1.92. The molecular formula is C6H3BClF4K. The van der Waals surface area contributed by atoms with Gasteiger partial charge in [0.2, 0.25) is 0 Å². The third kappa shape index (κ3) is 3.53. The van der Waals surface area contributed by atoms with Crippen molar-refractivity contribution in [1.29, 1.82) is 0 Å². The van der Waals surface area contributed by atoms with Crippen molar-refractivity contribution in [1.82, 2.24) is 0 Å². The fraction of sp³-hybridized carbons (Fsp3) is 0. The first-order valence-corrected chi connectivity index (χ1v) is 3.44. The molecule has 1 aromatic carbocycles. The van der Waals surface area contributed by atoms with Crippen LogP contribution in [0.1, 0.15) is 0 Å². The van der Waals surface area contributed by atoms with Crippen molar-refractivity contribution < 1.29 is 68.7 Å². The maximum atomic E-state index is 12.5. The summed E-state index contributed by atoms with van der Waals surface area (Å²) in [6.45, 7) is -5.22. The molecule has 0 saturated carbocycles. The maximum Gasteiger partial charge on any atom is 1.00 e. The zero-order valence-electron chi connectivity index (χ0n) is 6.70. The molecule has 0 radical (unpaired) electrons. The van der Waals surface area contributed by atoms with Crippen LogP contribution in [0.4, 0.5) is 17.3 Å². The Kier molecular flexibility index (Phi) is 5.50. The molecule has 0 bridgehead atoms. The second-order valence-electron chi connectivity index (χ2n) is 2.22. The summed E-state index contributed by atoms with van der Waals surface area (Å²) in [7, 11) is 0. The Morgan fingerprint density at radius 2 is 1.69 bits per heavy atom. The van der Waals surface area contributed by atoms with Gasteiger partial charge in [0.05, 0.1) is 0 Å². The molecule has 0 amide bonds. The Bertz CT molecular complexity index is 301. The first-order chi connectivity index (χ1) is 5.43. The van der Waals surface area contributed by atoms with E-state index in [1.54, 1.807) is 0 Å². The molecule has 0 atom stereocenters. The van der Waals surface area contributed by atoms with Crippen molar-refractivity contribution in [2.24, 2.45) is 0 Å². The topological polar surface area (TPSA) is 0 Å². The van der Waals surface area contributed by atoms with Crippen LogP contribution in [0.25, 0.3) is 0 Å². The van der Waals surface area contributed by atoms with Crippen molar-refractivity contribution >= 4 is 24.0 Å². The molecule has 0 fully saturated rings. The quantitative estimate of drug-likeness (QED) is 0.457. The van der Waals surface area contributed by atoms with Crippen LogP contribution in [-0.4, -0.2) is 6.98 Å². The molecule has 66 valence electrons. The second kappa shape index (κ2) is 5.14. The molecule has 7 heteroatoms. The van der Waals surface area contributed by atoms with E-state index in [0.29, 0.717) is 0 Å². The number of rotatable bonds is 1. The number of halogens is 5. The molecular weight excluding hydrogens is 233 g/mol. The average molecular weight is 236 g/mol. The first-order valence-electron chi connectivity index (χ1n) is 3.07. The van der Waals surface area contributed by atoms with E-state index in [2.05, 4.69) is 0 Å². The molecule has 0 aliphatic carbocycles. The van der Waals surface area contributed by atoms with E-state index in [4.69, 9.17) is 11.6 Å². The van der Waals surface area contributed by atoms with E-state index in [-0.39, 0.29) is 51.4 Å². The van der Waals surface area contributed by atoms with E-state index >= 15 is 0 Å². The second-order valence-corrected chi connectivity index (χ2v) is 2.60. The Morgan fingerprint density at radius 1 is 1.15 bits per heavy atom. The Hall–Kier alpha value is 0.931. The van der Waals surface area contributed by atoms with Crippen molar-refractivity contribution in [3.05, 3.63) is 29.0 Å². The summed E-state index contributed by atoms with van der Waals surface area (Å²) in [5.41, 5.74) is -1.09. The zero-order chi connectivity index (χ0) is 9.35. The third-order valence-electron chi connectivity index (χ3n) is 1.33. The molecule has 0 nitrogen and oxygen atoms in total. The molecule has 0 N–H and O–H groups in total. The van der Waals surface area contributed by atoms with Crippen LogP contribution in [0, 0.1) is 5.82 Å². The molecule has 0 saturated heterocycles. The third-order valence-corrected chi connectivity index (χ3v) is 1.73. The van der Waals surface area contributed by atoms with Gasteiger partial charge in [0.25, 0.3) is 0 Å². The minimum Gasteiger partial charge on any atom is -0.445 e. The molecule has 0 unspecified atom stereocenters. The van der Waals surface area contributed by atoms with Crippen LogP contribution in [0.3, 0.4) is 0 Å². The molecule has 0 aliphatic heterocycles. The van der Waals surface area contributed by atoms with E-state index in [0.717, 1.165) is 18.2 Å². The van der Waals surface area contributed by atoms with Crippen molar-refractivity contribution in [3.63, 3.8) is 0 Å². The van der Waals surface area contributed by atoms with Gasteiger partial charge < -0.3 is 12.9 Å². The summed E-state index contributed by atoms with van der Waals surface area (Å²) in [5, 5.41) is -0.856. The van der Waals surface area contributed by atoms with Crippen LogP contribution in [-0.2, 0) is 0 Å². The first kappa shape index (κ1) is 13.9. The molecule has 0 aliphatic rings. The van der Waals surface area contributed by atoms with Gasteiger partial charge >= 0.3 is 58.4 Å². The van der Waals surface area contributed by atoms with Gasteiger partial charge in [-0.2, -0.15) is 0 Å². The van der Waals surface area contributed by atoms with E-state index in [9.17, 15) is 17.3 Å². The van der Waals surface area contributed by atoms with Gasteiger partial charge in [-0.3, -0.25) is 0 Å². The summed E-state index contributed by atoms with van der Waals surface area (Å²) in [4.78, 5) is 0. The summed E-state index contributed by atoms with van der Waals surface area (Å²) in [5.74, 6) is -1.05. The number of hydrogen-bond acceptors (Lipinski definition) is 0. The van der Waals surface area contributed by atoms with Crippen LogP contribution < -0.4 is 56.8 Å². The SMILES string of the molecule is Fc1cccc([B-](F)(F)F)c1Cl.[K+]. The molecule has 0 heterocycles. The molecule has 0 spiro atoms. The molecule has 13 heavy (non-hydrogen) atoms. The Morgan fingerprint density at radius 3 is 2.08 bits per heavy atom. The molecule has 0 aromatic heterocycles. The smallest absolute Gasteiger partial charge is 0.445 e. The van der Waals surface area contributed by atoms with Gasteiger partial charge in [-0.15, -0.1) is 0 Å². The molecule has 1 rings (SSSR count). The van der Waals surface area contributed by atoms with Gasteiger partial charge in [-0.05, 0) is 6.07 Å². The van der Waals surface area contributed by atoms with Crippen LogP contribution in [0.5, 0.6) is 0 Å². The standard InChI is InChI=1S/C6H3BClF4.K/c8-6-4(7(10,11)12)2-1-3-5(6)9;/h1-3H;/q-1;+1. The number of hydrogen-bond donors (Lipinski definition) is 0. The van der Waals surface area contributed by atoms with Crippen molar-refractivity contribution in [2.75, 3.05) is 0 Å². The van der Waals surface area contributed by atoms with Gasteiger partial charge in [0.15, 0.2) is 0 Å². The summed E-state index contributed by atoms with van der Waals surface area (Å²) in [6, 6.07) is 2.62. The minimum absolute atomic E-state index is 0. The van der Waals surface area contributed by atoms with Crippen molar-refractivity contribution in [2.45, 2.75) is 0 Å². The predicted octanol–water partition coefficient (Wildman–Crippen LogP) is -0.462. The maximum absolute atomic E-state index is 12.5. The number of benzene rings is 1. The summed E-state index contributed by atoms with van der Waals surface area (Å²) < 4.78 is 48.6. The van der Waals surface area contributed by atoms with E-state index < -0.39 is 23.3 Å². The van der Waals surface area contributed by atoms with Crippen LogP contribution in [0.15, 0.2) is 18.2 Å². The van der Waals surface area contributed by atoms with Gasteiger partial charge in [0.1, 0.15) is 5.82 Å². The summed E-state index contributed by atoms with van der Waals surface area (Å²) in [6.07, 6.45) is 0. The Balaban J connectivity index is 0.00000144. The molecule has 1 aromatic rings. The monoisotopic (exact) mass is 236 g/mol. The van der Waals surface area contributed by atoms with Crippen LogP contribution in [0.2, 0.25) is 5.02 Å². The van der Waals surface area contributed by atoms with Gasteiger partial charge in [-0.25, -0.2) is 4.39 Å². The fourth-order valence-corrected chi connectivity index (χ4v) is 1.02. The van der Waals surface area contributed by atoms with E-state index in [1.165, 1.54) is 0 Å². The van der Waals surface area contributed by atoms with Crippen molar-refractivity contribution in [3.8, 4) is 0 Å². The largest absolute Gasteiger partial charge is 1.00 e. The van der Waals surface area contributed by atoms with Crippen LogP contribution >= 0.6 is 11.6 Å². The Labute approximate surface area is 120 Å². The fourth-order valence-electron chi connectivity index (χ4n) is 0.773. The van der Waals surface area contributed by atoms with Gasteiger partial charge in [0, 0.05) is 5.02 Å². The van der Waals surface area contributed by atoms with E-state index in [1.807, 2.05) is 0 Å². The van der Waals surface area contributed by atoms with Gasteiger partial charge in [-0.1, -0.05) is 29.2 Å². The minimum atomic E-state index is -5.22.